The minimum Gasteiger partial charge on any atom is -0.467 e. The summed E-state index contributed by atoms with van der Waals surface area (Å²) in [5, 5.41) is 0. The highest BCUT2D eigenvalue weighted by Crippen LogP contribution is 2.26. The van der Waals surface area contributed by atoms with Gasteiger partial charge >= 0.3 is 0 Å². The van der Waals surface area contributed by atoms with E-state index >= 15 is 0 Å². The first-order valence-electron chi connectivity index (χ1n) is 11.2. The van der Waals surface area contributed by atoms with E-state index in [1.54, 1.807) is 16.1 Å². The summed E-state index contributed by atoms with van der Waals surface area (Å²) in [5.41, 5.74) is 1.22. The Morgan fingerprint density at radius 3 is 2.16 bits per heavy atom. The van der Waals surface area contributed by atoms with Crippen LogP contribution in [-0.4, -0.2) is 34.2 Å². The number of rotatable bonds is 10. The second kappa shape index (κ2) is 11.2. The lowest BCUT2D eigenvalue weighted by atomic mass is 9.84. The quantitative estimate of drug-likeness (QED) is 0.503. The van der Waals surface area contributed by atoms with Gasteiger partial charge in [0, 0.05) is 19.0 Å². The molecule has 0 bridgehead atoms. The maximum atomic E-state index is 13.3. The van der Waals surface area contributed by atoms with Crippen LogP contribution in [0, 0.1) is 11.3 Å². The molecule has 0 radical (unpaired) electrons. The molecule has 31 heavy (non-hydrogen) atoms. The third-order valence-electron chi connectivity index (χ3n) is 5.23. The molecule has 0 fully saturated rings. The molecule has 0 N–H and O–H groups in total. The maximum Gasteiger partial charge on any atom is 0.242 e. The molecule has 0 aliphatic heterocycles. The van der Waals surface area contributed by atoms with Crippen molar-refractivity contribution in [3.8, 4) is 0 Å². The van der Waals surface area contributed by atoms with Gasteiger partial charge in [-0.1, -0.05) is 58.0 Å². The summed E-state index contributed by atoms with van der Waals surface area (Å²) in [6, 6.07) is 13.5. The first-order valence-corrected chi connectivity index (χ1v) is 11.2. The summed E-state index contributed by atoms with van der Waals surface area (Å²) < 4.78 is 5.48. The van der Waals surface area contributed by atoms with Crippen LogP contribution in [0.2, 0.25) is 0 Å². The summed E-state index contributed by atoms with van der Waals surface area (Å²) >= 11 is 0. The molecule has 170 valence electrons. The Hall–Kier alpha value is -2.56. The smallest absolute Gasteiger partial charge is 0.242 e. The first kappa shape index (κ1) is 24.7. The second-order valence-electron chi connectivity index (χ2n) is 10.0. The van der Waals surface area contributed by atoms with E-state index in [4.69, 9.17) is 4.42 Å². The van der Waals surface area contributed by atoms with E-state index in [-0.39, 0.29) is 35.7 Å². The van der Waals surface area contributed by atoms with E-state index in [1.807, 2.05) is 56.3 Å². The lowest BCUT2D eigenvalue weighted by molar-refractivity contribution is -0.143. The third kappa shape index (κ3) is 8.60. The molecule has 0 aliphatic rings. The van der Waals surface area contributed by atoms with Crippen LogP contribution < -0.4 is 0 Å². The fourth-order valence-corrected chi connectivity index (χ4v) is 3.96. The fraction of sp³-hybridized carbons (Fsp3) is 0.538. The zero-order valence-electron chi connectivity index (χ0n) is 19.9. The molecule has 5 heteroatoms. The van der Waals surface area contributed by atoms with Crippen molar-refractivity contribution in [1.82, 2.24) is 9.80 Å². The topological polar surface area (TPSA) is 53.8 Å². The molecule has 2 aromatic rings. The van der Waals surface area contributed by atoms with E-state index in [0.717, 1.165) is 17.7 Å². The summed E-state index contributed by atoms with van der Waals surface area (Å²) in [6.45, 7) is 13.5. The molecule has 2 amide bonds. The van der Waals surface area contributed by atoms with Crippen molar-refractivity contribution < 1.29 is 14.0 Å². The standard InChI is InChI=1S/C26H38N2O3/c1-20(2)28(24(29)15-21(3)16-26(4,5)6)19-25(30)27(18-23-13-10-14-31-23)17-22-11-8-7-9-12-22/h7-14,20-21H,15-19H2,1-6H3/t21-/m0/s1. The van der Waals surface area contributed by atoms with Crippen LogP contribution in [0.15, 0.2) is 53.1 Å². The zero-order valence-corrected chi connectivity index (χ0v) is 19.9. The third-order valence-corrected chi connectivity index (χ3v) is 5.23. The van der Waals surface area contributed by atoms with Crippen molar-refractivity contribution in [3.05, 3.63) is 60.1 Å². The first-order chi connectivity index (χ1) is 14.5. The summed E-state index contributed by atoms with van der Waals surface area (Å²) in [5.74, 6) is 0.960. The number of benzene rings is 1. The van der Waals surface area contributed by atoms with Gasteiger partial charge in [-0.05, 0) is 49.3 Å². The van der Waals surface area contributed by atoms with Crippen LogP contribution in [0.1, 0.15) is 65.7 Å². The van der Waals surface area contributed by atoms with Crippen LogP contribution in [0.3, 0.4) is 0 Å². The Kier molecular flexibility index (Phi) is 8.90. The van der Waals surface area contributed by atoms with Gasteiger partial charge in [0.1, 0.15) is 5.76 Å². The second-order valence-corrected chi connectivity index (χ2v) is 10.0. The molecular formula is C26H38N2O3. The van der Waals surface area contributed by atoms with Gasteiger partial charge in [-0.2, -0.15) is 0 Å². The Morgan fingerprint density at radius 1 is 0.935 bits per heavy atom. The van der Waals surface area contributed by atoms with Crippen molar-refractivity contribution in [2.75, 3.05) is 6.54 Å². The minimum absolute atomic E-state index is 0.0396. The zero-order chi connectivity index (χ0) is 23.0. The number of carbonyl (C=O) groups excluding carboxylic acids is 2. The highest BCUT2D eigenvalue weighted by molar-refractivity contribution is 5.85. The van der Waals surface area contributed by atoms with Crippen molar-refractivity contribution in [2.24, 2.45) is 11.3 Å². The number of hydrogen-bond acceptors (Lipinski definition) is 3. The average molecular weight is 427 g/mol. The molecule has 1 aromatic carbocycles. The molecule has 0 spiro atoms. The molecule has 0 saturated carbocycles. The highest BCUT2D eigenvalue weighted by atomic mass is 16.3. The van der Waals surface area contributed by atoms with Crippen molar-refractivity contribution in [2.45, 2.75) is 73.5 Å². The molecule has 1 heterocycles. The monoisotopic (exact) mass is 426 g/mol. The lowest BCUT2D eigenvalue weighted by Gasteiger charge is -2.31. The number of furan rings is 1. The molecule has 5 nitrogen and oxygen atoms in total. The minimum atomic E-state index is -0.0780. The normalized spacial score (nSPS) is 12.6. The molecule has 1 atom stereocenters. The van der Waals surface area contributed by atoms with Crippen LogP contribution in [-0.2, 0) is 22.7 Å². The highest BCUT2D eigenvalue weighted by Gasteiger charge is 2.26. The molecular weight excluding hydrogens is 388 g/mol. The van der Waals surface area contributed by atoms with Crippen molar-refractivity contribution >= 4 is 11.8 Å². The fourth-order valence-electron chi connectivity index (χ4n) is 3.96. The lowest BCUT2D eigenvalue weighted by Crippen LogP contribution is -2.46. The largest absolute Gasteiger partial charge is 0.467 e. The predicted octanol–water partition coefficient (Wildman–Crippen LogP) is 5.51. The molecule has 0 aliphatic carbocycles. The average Bonchev–Trinajstić information content (AvgIpc) is 3.17. The van der Waals surface area contributed by atoms with E-state index in [2.05, 4.69) is 27.7 Å². The van der Waals surface area contributed by atoms with Crippen LogP contribution in [0.25, 0.3) is 0 Å². The predicted molar refractivity (Wildman–Crippen MR) is 124 cm³/mol. The van der Waals surface area contributed by atoms with E-state index in [1.165, 1.54) is 0 Å². The molecule has 1 aromatic heterocycles. The number of carbonyl (C=O) groups is 2. The van der Waals surface area contributed by atoms with Gasteiger partial charge in [0.25, 0.3) is 0 Å². The van der Waals surface area contributed by atoms with Gasteiger partial charge in [0.15, 0.2) is 0 Å². The molecule has 0 saturated heterocycles. The van der Waals surface area contributed by atoms with Gasteiger partial charge in [-0.15, -0.1) is 0 Å². The SMILES string of the molecule is CC(C)N(CC(=O)N(Cc1ccccc1)Cc1ccco1)C(=O)C[C@H](C)CC(C)(C)C. The number of nitrogens with zero attached hydrogens (tertiary/aromatic N) is 2. The Bertz CT molecular complexity index is 807. The van der Waals surface area contributed by atoms with Gasteiger partial charge in [0.05, 0.1) is 19.4 Å². The summed E-state index contributed by atoms with van der Waals surface area (Å²) in [4.78, 5) is 29.8. The number of hydrogen-bond donors (Lipinski definition) is 0. The van der Waals surface area contributed by atoms with Gasteiger partial charge < -0.3 is 14.2 Å². The van der Waals surface area contributed by atoms with Gasteiger partial charge in [-0.25, -0.2) is 0 Å². The van der Waals surface area contributed by atoms with Crippen LogP contribution >= 0.6 is 0 Å². The van der Waals surface area contributed by atoms with E-state index in [0.29, 0.717) is 19.5 Å². The number of amides is 2. The van der Waals surface area contributed by atoms with E-state index < -0.39 is 0 Å². The molecule has 2 rings (SSSR count). The Labute approximate surface area is 187 Å². The van der Waals surface area contributed by atoms with Crippen molar-refractivity contribution in [3.63, 3.8) is 0 Å². The summed E-state index contributed by atoms with van der Waals surface area (Å²) in [7, 11) is 0. The van der Waals surface area contributed by atoms with Gasteiger partial charge in [-0.3, -0.25) is 9.59 Å². The Morgan fingerprint density at radius 2 is 1.61 bits per heavy atom. The summed E-state index contributed by atoms with van der Waals surface area (Å²) in [6.07, 6.45) is 3.04. The van der Waals surface area contributed by atoms with Gasteiger partial charge in [0.2, 0.25) is 11.8 Å². The van der Waals surface area contributed by atoms with Crippen molar-refractivity contribution in [1.29, 1.82) is 0 Å². The Balaban J connectivity index is 2.10. The van der Waals surface area contributed by atoms with Crippen LogP contribution in [0.5, 0.6) is 0 Å². The van der Waals surface area contributed by atoms with Crippen LogP contribution in [0.4, 0.5) is 0 Å². The molecule has 0 unspecified atom stereocenters. The maximum absolute atomic E-state index is 13.3. The van der Waals surface area contributed by atoms with E-state index in [9.17, 15) is 9.59 Å².